The fourth-order valence-corrected chi connectivity index (χ4v) is 3.24. The summed E-state index contributed by atoms with van der Waals surface area (Å²) in [6, 6.07) is 1.82. The van der Waals surface area contributed by atoms with E-state index in [0.29, 0.717) is 30.3 Å². The highest BCUT2D eigenvalue weighted by Crippen LogP contribution is 2.26. The average molecular weight is 298 g/mol. The Labute approximate surface area is 123 Å². The monoisotopic (exact) mass is 298 g/mol. The predicted octanol–water partition coefficient (Wildman–Crippen LogP) is 1.29. The van der Waals surface area contributed by atoms with E-state index in [-0.39, 0.29) is 5.91 Å². The van der Waals surface area contributed by atoms with E-state index >= 15 is 0 Å². The van der Waals surface area contributed by atoms with E-state index in [9.17, 15) is 9.90 Å². The lowest BCUT2D eigenvalue weighted by atomic mass is 10.1. The van der Waals surface area contributed by atoms with E-state index in [1.54, 1.807) is 21.0 Å². The number of rotatable bonds is 4. The highest BCUT2D eigenvalue weighted by atomic mass is 32.1. The summed E-state index contributed by atoms with van der Waals surface area (Å²) in [5, 5.41) is 11.7. The zero-order chi connectivity index (χ0) is 14.8. The third-order valence-electron chi connectivity index (χ3n) is 3.31. The molecule has 1 aromatic rings. The van der Waals surface area contributed by atoms with Gasteiger partial charge in [0.1, 0.15) is 10.6 Å². The van der Waals surface area contributed by atoms with Crippen molar-refractivity contribution >= 4 is 17.2 Å². The molecule has 1 aliphatic rings. The molecule has 1 fully saturated rings. The van der Waals surface area contributed by atoms with Gasteiger partial charge in [-0.25, -0.2) is 0 Å². The second kappa shape index (κ2) is 6.11. The van der Waals surface area contributed by atoms with Gasteiger partial charge in [0, 0.05) is 32.7 Å². The minimum atomic E-state index is -0.691. The van der Waals surface area contributed by atoms with Crippen molar-refractivity contribution in [3.05, 3.63) is 16.3 Å². The molecule has 2 heterocycles. The number of hydrogen-bond donors (Lipinski definition) is 1. The van der Waals surface area contributed by atoms with Crippen LogP contribution in [0.1, 0.15) is 23.5 Å². The van der Waals surface area contributed by atoms with Gasteiger partial charge >= 0.3 is 0 Å². The molecule has 0 unspecified atom stereocenters. The van der Waals surface area contributed by atoms with E-state index in [4.69, 9.17) is 4.74 Å². The van der Waals surface area contributed by atoms with Crippen LogP contribution in [0.5, 0.6) is 5.75 Å². The first-order chi connectivity index (χ1) is 9.40. The molecular formula is C14H22N2O3S. The van der Waals surface area contributed by atoms with Crippen LogP contribution in [-0.4, -0.2) is 66.2 Å². The lowest BCUT2D eigenvalue weighted by molar-refractivity contribution is 0.0179. The normalized spacial score (nSPS) is 17.3. The summed E-state index contributed by atoms with van der Waals surface area (Å²) in [5.74, 6) is 0.693. The van der Waals surface area contributed by atoms with Crippen LogP contribution in [0.4, 0.5) is 0 Å². The van der Waals surface area contributed by atoms with Crippen LogP contribution in [-0.2, 0) is 0 Å². The molecule has 0 saturated carbocycles. The molecule has 1 aromatic heterocycles. The first kappa shape index (κ1) is 15.3. The van der Waals surface area contributed by atoms with Crippen molar-refractivity contribution < 1.29 is 14.6 Å². The highest BCUT2D eigenvalue weighted by Gasteiger charge is 2.27. The number of methoxy groups -OCH3 is 1. The number of nitrogens with zero attached hydrogens (tertiary/aromatic N) is 2. The molecule has 0 spiro atoms. The summed E-state index contributed by atoms with van der Waals surface area (Å²) in [7, 11) is 1.58. The van der Waals surface area contributed by atoms with Crippen LogP contribution in [0.3, 0.4) is 0 Å². The number of thiophene rings is 1. The van der Waals surface area contributed by atoms with Gasteiger partial charge in [0.05, 0.1) is 12.7 Å². The summed E-state index contributed by atoms with van der Waals surface area (Å²) >= 11 is 1.42. The molecule has 5 nitrogen and oxygen atoms in total. The molecule has 1 amide bonds. The van der Waals surface area contributed by atoms with Crippen LogP contribution < -0.4 is 4.74 Å². The van der Waals surface area contributed by atoms with Crippen LogP contribution in [0, 0.1) is 0 Å². The van der Waals surface area contributed by atoms with Gasteiger partial charge in [-0.15, -0.1) is 11.3 Å². The molecule has 20 heavy (non-hydrogen) atoms. The van der Waals surface area contributed by atoms with E-state index in [2.05, 4.69) is 4.90 Å². The molecule has 1 N–H and O–H groups in total. The number of aliphatic hydroxyl groups is 1. The summed E-state index contributed by atoms with van der Waals surface area (Å²) in [5.41, 5.74) is -0.691. The Morgan fingerprint density at radius 3 is 2.60 bits per heavy atom. The topological polar surface area (TPSA) is 53.0 Å². The summed E-state index contributed by atoms with van der Waals surface area (Å²) in [4.78, 5) is 17.1. The quantitative estimate of drug-likeness (QED) is 0.910. The maximum atomic E-state index is 12.4. The molecule has 0 radical (unpaired) electrons. The molecule has 0 aliphatic carbocycles. The summed E-state index contributed by atoms with van der Waals surface area (Å²) in [6.07, 6.45) is 0. The summed E-state index contributed by atoms with van der Waals surface area (Å²) in [6.45, 7) is 7.22. The lowest BCUT2D eigenvalue weighted by Crippen LogP contribution is -2.51. The Hall–Kier alpha value is -1.11. The molecule has 6 heteroatoms. The molecule has 112 valence electrons. The SMILES string of the molecule is COc1ccsc1C(=O)N1CCN(CC(C)(C)O)CC1. The maximum Gasteiger partial charge on any atom is 0.267 e. The standard InChI is InChI=1S/C14H22N2O3S/c1-14(2,18)10-15-5-7-16(8-6-15)13(17)12-11(19-3)4-9-20-12/h4,9,18H,5-8,10H2,1-3H3. The molecular weight excluding hydrogens is 276 g/mol. The van der Waals surface area contributed by atoms with E-state index in [1.165, 1.54) is 11.3 Å². The molecule has 1 saturated heterocycles. The van der Waals surface area contributed by atoms with Gasteiger partial charge in [0.2, 0.25) is 0 Å². The zero-order valence-electron chi connectivity index (χ0n) is 12.3. The number of carbonyl (C=O) groups is 1. The Morgan fingerprint density at radius 1 is 1.40 bits per heavy atom. The lowest BCUT2D eigenvalue weighted by Gasteiger charge is -2.37. The molecule has 0 bridgehead atoms. The fraction of sp³-hybridized carbons (Fsp3) is 0.643. The number of ether oxygens (including phenoxy) is 1. The first-order valence-corrected chi connectivity index (χ1v) is 7.64. The fourth-order valence-electron chi connectivity index (χ4n) is 2.41. The van der Waals surface area contributed by atoms with E-state index in [0.717, 1.165) is 13.1 Å². The van der Waals surface area contributed by atoms with Crippen LogP contribution in [0.2, 0.25) is 0 Å². The van der Waals surface area contributed by atoms with Crippen molar-refractivity contribution in [2.24, 2.45) is 0 Å². The van der Waals surface area contributed by atoms with Crippen molar-refractivity contribution in [2.45, 2.75) is 19.4 Å². The second-order valence-electron chi connectivity index (χ2n) is 5.70. The van der Waals surface area contributed by atoms with Crippen LogP contribution >= 0.6 is 11.3 Å². The van der Waals surface area contributed by atoms with Crippen molar-refractivity contribution in [2.75, 3.05) is 39.8 Å². The predicted molar refractivity (Wildman–Crippen MR) is 79.5 cm³/mol. The van der Waals surface area contributed by atoms with E-state index in [1.807, 2.05) is 16.3 Å². The Morgan fingerprint density at radius 2 is 2.05 bits per heavy atom. The number of piperazine rings is 1. The number of carbonyl (C=O) groups excluding carboxylic acids is 1. The van der Waals surface area contributed by atoms with Crippen molar-refractivity contribution in [3.8, 4) is 5.75 Å². The molecule has 1 aliphatic heterocycles. The Kier molecular flexibility index (Phi) is 4.67. The molecule has 0 atom stereocenters. The smallest absolute Gasteiger partial charge is 0.267 e. The van der Waals surface area contributed by atoms with Crippen LogP contribution in [0.15, 0.2) is 11.4 Å². The Balaban J connectivity index is 1.92. The molecule has 0 aromatic carbocycles. The highest BCUT2D eigenvalue weighted by molar-refractivity contribution is 7.12. The number of amides is 1. The van der Waals surface area contributed by atoms with E-state index < -0.39 is 5.60 Å². The van der Waals surface area contributed by atoms with Gasteiger partial charge in [-0.1, -0.05) is 0 Å². The van der Waals surface area contributed by atoms with Gasteiger partial charge in [0.25, 0.3) is 5.91 Å². The van der Waals surface area contributed by atoms with Gasteiger partial charge in [-0.3, -0.25) is 9.69 Å². The second-order valence-corrected chi connectivity index (χ2v) is 6.61. The minimum Gasteiger partial charge on any atom is -0.495 e. The van der Waals surface area contributed by atoms with Crippen molar-refractivity contribution in [3.63, 3.8) is 0 Å². The summed E-state index contributed by atoms with van der Waals surface area (Å²) < 4.78 is 5.20. The van der Waals surface area contributed by atoms with Crippen molar-refractivity contribution in [1.29, 1.82) is 0 Å². The number of hydrogen-bond acceptors (Lipinski definition) is 5. The number of β-amino-alcohol motifs (C(OH)–C–C–N with tert-alkyl or cyclic N) is 1. The first-order valence-electron chi connectivity index (χ1n) is 6.76. The van der Waals surface area contributed by atoms with Gasteiger partial charge in [-0.05, 0) is 25.3 Å². The maximum absolute atomic E-state index is 12.4. The van der Waals surface area contributed by atoms with Gasteiger partial charge in [-0.2, -0.15) is 0 Å². The molecule has 2 rings (SSSR count). The minimum absolute atomic E-state index is 0.0414. The third-order valence-corrected chi connectivity index (χ3v) is 4.20. The van der Waals surface area contributed by atoms with Crippen molar-refractivity contribution in [1.82, 2.24) is 9.80 Å². The third kappa shape index (κ3) is 3.71. The van der Waals surface area contributed by atoms with Gasteiger partial charge in [0.15, 0.2) is 0 Å². The Bertz CT molecular complexity index is 459. The zero-order valence-corrected chi connectivity index (χ0v) is 13.1. The van der Waals surface area contributed by atoms with Crippen LogP contribution in [0.25, 0.3) is 0 Å². The van der Waals surface area contributed by atoms with Gasteiger partial charge < -0.3 is 14.7 Å². The largest absolute Gasteiger partial charge is 0.495 e. The average Bonchev–Trinajstić information content (AvgIpc) is 2.85.